The van der Waals surface area contributed by atoms with Gasteiger partial charge in [0.15, 0.2) is 5.78 Å². The van der Waals surface area contributed by atoms with Crippen LogP contribution in [0.15, 0.2) is 0 Å². The predicted octanol–water partition coefficient (Wildman–Crippen LogP) is 2.57. The maximum Gasteiger partial charge on any atom is 0.158 e. The van der Waals surface area contributed by atoms with Gasteiger partial charge < -0.3 is 25.5 Å². The number of hydrogen-bond acceptors (Lipinski definition) is 6. The minimum Gasteiger partial charge on any atom is -0.393 e. The molecule has 0 aliphatic rings. The Morgan fingerprint density at radius 2 is 1.32 bits per heavy atom. The van der Waals surface area contributed by atoms with Crippen LogP contribution in [0.3, 0.4) is 0 Å². The molecule has 5 N–H and O–H groups in total. The predicted molar refractivity (Wildman–Crippen MR) is 111 cm³/mol. The molecular formula is C22H44O6. The molecule has 28 heavy (non-hydrogen) atoms. The van der Waals surface area contributed by atoms with Crippen molar-refractivity contribution < 1.29 is 30.3 Å². The Hall–Kier alpha value is -0.530. The fourth-order valence-electron chi connectivity index (χ4n) is 3.61. The molecule has 0 aliphatic carbocycles. The molecule has 0 amide bonds. The molecule has 0 radical (unpaired) electrons. The molecule has 0 unspecified atom stereocenters. The van der Waals surface area contributed by atoms with E-state index in [0.29, 0.717) is 32.1 Å². The van der Waals surface area contributed by atoms with Gasteiger partial charge in [-0.15, -0.1) is 0 Å². The average Bonchev–Trinajstić information content (AvgIpc) is 2.62. The number of Topliss-reactive ketones (excluding diaryl/α,β-unsaturated/α-hetero) is 1. The molecule has 0 aromatic carbocycles. The lowest BCUT2D eigenvalue weighted by atomic mass is 9.88. The normalized spacial score (nSPS) is 19.5. The molecule has 0 rings (SSSR count). The first-order valence-electron chi connectivity index (χ1n) is 11.0. The van der Waals surface area contributed by atoms with Gasteiger partial charge >= 0.3 is 0 Å². The SMILES string of the molecule is CCCC[C@@H](C)[C@@H](O)[C@@H](O)C[C@@H](C)C[C@H](O)CCCC[C@@H](O)C[C@H](O)C(C)=O. The van der Waals surface area contributed by atoms with Crippen molar-refractivity contribution in [3.63, 3.8) is 0 Å². The number of unbranched alkanes of at least 4 members (excludes halogenated alkanes) is 2. The van der Waals surface area contributed by atoms with E-state index in [1.807, 2.05) is 13.8 Å². The average molecular weight is 405 g/mol. The third-order valence-electron chi connectivity index (χ3n) is 5.60. The van der Waals surface area contributed by atoms with Gasteiger partial charge in [-0.1, -0.05) is 46.5 Å². The Morgan fingerprint density at radius 3 is 1.82 bits per heavy atom. The van der Waals surface area contributed by atoms with Crippen LogP contribution in [0.2, 0.25) is 0 Å². The van der Waals surface area contributed by atoms with Crippen molar-refractivity contribution in [3.05, 3.63) is 0 Å². The van der Waals surface area contributed by atoms with Crippen molar-refractivity contribution in [1.29, 1.82) is 0 Å². The number of ketones is 1. The van der Waals surface area contributed by atoms with Crippen molar-refractivity contribution >= 4 is 5.78 Å². The second-order valence-corrected chi connectivity index (χ2v) is 8.71. The number of aliphatic hydroxyl groups excluding tert-OH is 5. The van der Waals surface area contributed by atoms with Gasteiger partial charge in [-0.05, 0) is 50.9 Å². The largest absolute Gasteiger partial charge is 0.393 e. The van der Waals surface area contributed by atoms with Crippen LogP contribution in [-0.2, 0) is 4.79 Å². The first kappa shape index (κ1) is 27.5. The molecule has 0 fully saturated rings. The molecule has 0 spiro atoms. The van der Waals surface area contributed by atoms with Crippen LogP contribution in [0.25, 0.3) is 0 Å². The first-order chi connectivity index (χ1) is 13.1. The minimum atomic E-state index is -1.10. The van der Waals surface area contributed by atoms with Crippen molar-refractivity contribution in [2.24, 2.45) is 11.8 Å². The van der Waals surface area contributed by atoms with Gasteiger partial charge in [0.25, 0.3) is 0 Å². The van der Waals surface area contributed by atoms with E-state index in [-0.39, 0.29) is 24.0 Å². The summed E-state index contributed by atoms with van der Waals surface area (Å²) in [6, 6.07) is 0. The van der Waals surface area contributed by atoms with Crippen molar-refractivity contribution in [2.45, 2.75) is 122 Å². The molecule has 0 aromatic heterocycles. The zero-order valence-corrected chi connectivity index (χ0v) is 18.3. The lowest BCUT2D eigenvalue weighted by Gasteiger charge is -2.26. The highest BCUT2D eigenvalue weighted by Crippen LogP contribution is 2.22. The van der Waals surface area contributed by atoms with Gasteiger partial charge in [-0.3, -0.25) is 4.79 Å². The van der Waals surface area contributed by atoms with Crippen molar-refractivity contribution in [1.82, 2.24) is 0 Å². The van der Waals surface area contributed by atoms with E-state index in [4.69, 9.17) is 0 Å². The Labute approximate surface area is 171 Å². The van der Waals surface area contributed by atoms with Gasteiger partial charge in [0.1, 0.15) is 6.10 Å². The van der Waals surface area contributed by atoms with E-state index in [1.165, 1.54) is 6.92 Å². The van der Waals surface area contributed by atoms with Gasteiger partial charge in [0.05, 0.1) is 24.4 Å². The van der Waals surface area contributed by atoms with E-state index in [1.54, 1.807) is 0 Å². The van der Waals surface area contributed by atoms with Crippen LogP contribution < -0.4 is 0 Å². The van der Waals surface area contributed by atoms with Gasteiger partial charge in [0, 0.05) is 6.42 Å². The molecule has 6 heteroatoms. The Morgan fingerprint density at radius 1 is 0.786 bits per heavy atom. The number of aliphatic hydroxyl groups is 5. The zero-order chi connectivity index (χ0) is 21.7. The highest BCUT2D eigenvalue weighted by Gasteiger charge is 2.25. The van der Waals surface area contributed by atoms with E-state index < -0.39 is 30.5 Å². The number of rotatable bonds is 17. The summed E-state index contributed by atoms with van der Waals surface area (Å²) in [6.45, 7) is 7.35. The second-order valence-electron chi connectivity index (χ2n) is 8.71. The summed E-state index contributed by atoms with van der Waals surface area (Å²) in [6.07, 6.45) is 2.91. The molecule has 168 valence electrons. The van der Waals surface area contributed by atoms with E-state index in [2.05, 4.69) is 6.92 Å². The summed E-state index contributed by atoms with van der Waals surface area (Å²) >= 11 is 0. The second kappa shape index (κ2) is 15.3. The van der Waals surface area contributed by atoms with Crippen LogP contribution in [-0.4, -0.2) is 61.8 Å². The van der Waals surface area contributed by atoms with Gasteiger partial charge in [0.2, 0.25) is 0 Å². The summed E-state index contributed by atoms with van der Waals surface area (Å²) in [5.41, 5.74) is 0. The van der Waals surface area contributed by atoms with Crippen LogP contribution in [0.5, 0.6) is 0 Å². The van der Waals surface area contributed by atoms with Gasteiger partial charge in [-0.25, -0.2) is 0 Å². The van der Waals surface area contributed by atoms with Gasteiger partial charge in [-0.2, -0.15) is 0 Å². The maximum atomic E-state index is 11.0. The lowest BCUT2D eigenvalue weighted by Crippen LogP contribution is -2.34. The molecule has 0 saturated heterocycles. The Bertz CT molecular complexity index is 402. The molecule has 0 saturated carbocycles. The Balaban J connectivity index is 3.99. The smallest absolute Gasteiger partial charge is 0.158 e. The third-order valence-corrected chi connectivity index (χ3v) is 5.60. The van der Waals surface area contributed by atoms with E-state index >= 15 is 0 Å². The zero-order valence-electron chi connectivity index (χ0n) is 18.3. The standard InChI is InChI=1S/C22H44O6/c1-5-6-9-16(3)22(28)21(27)13-15(2)12-18(24)10-7-8-11-19(25)14-20(26)17(4)23/h15-16,18-22,24-28H,5-14H2,1-4H3/t15-,16+,18+,19+,20-,21-,22+/m0/s1. The van der Waals surface area contributed by atoms with Crippen LogP contribution in [0, 0.1) is 11.8 Å². The van der Waals surface area contributed by atoms with Crippen LogP contribution >= 0.6 is 0 Å². The lowest BCUT2D eigenvalue weighted by molar-refractivity contribution is -0.126. The number of hydrogen-bond donors (Lipinski definition) is 5. The van der Waals surface area contributed by atoms with Crippen LogP contribution in [0.1, 0.15) is 91.9 Å². The number of carbonyl (C=O) groups is 1. The fourth-order valence-corrected chi connectivity index (χ4v) is 3.61. The highest BCUT2D eigenvalue weighted by atomic mass is 16.3. The summed E-state index contributed by atoms with van der Waals surface area (Å²) in [7, 11) is 0. The van der Waals surface area contributed by atoms with Crippen LogP contribution in [0.4, 0.5) is 0 Å². The fraction of sp³-hybridized carbons (Fsp3) is 0.955. The molecule has 6 nitrogen and oxygen atoms in total. The molecule has 7 atom stereocenters. The quantitative estimate of drug-likeness (QED) is 0.238. The monoisotopic (exact) mass is 404 g/mol. The summed E-state index contributed by atoms with van der Waals surface area (Å²) in [4.78, 5) is 11.0. The summed E-state index contributed by atoms with van der Waals surface area (Å²) < 4.78 is 0. The highest BCUT2D eigenvalue weighted by molar-refractivity contribution is 5.80. The molecule has 0 aliphatic heterocycles. The van der Waals surface area contributed by atoms with Crippen molar-refractivity contribution in [3.8, 4) is 0 Å². The maximum absolute atomic E-state index is 11.0. The first-order valence-corrected chi connectivity index (χ1v) is 11.0. The molecule has 0 heterocycles. The topological polar surface area (TPSA) is 118 Å². The summed E-state index contributed by atoms with van der Waals surface area (Å²) in [5.74, 6) is -0.162. The molecule has 0 bridgehead atoms. The van der Waals surface area contributed by atoms with Crippen molar-refractivity contribution in [2.75, 3.05) is 0 Å². The Kier molecular flexibility index (Phi) is 15.0. The minimum absolute atomic E-state index is 0.0613. The van der Waals surface area contributed by atoms with E-state index in [9.17, 15) is 30.3 Å². The molecular weight excluding hydrogens is 360 g/mol. The molecule has 0 aromatic rings. The van der Waals surface area contributed by atoms with E-state index in [0.717, 1.165) is 25.7 Å². The number of carbonyl (C=O) groups excluding carboxylic acids is 1. The third kappa shape index (κ3) is 12.8. The summed E-state index contributed by atoms with van der Waals surface area (Å²) in [5, 5.41) is 49.9.